The standard InChI is InChI=1S/C33H34ClN5O2S/c1-21-17-22(2)20-37(19-21)28-14-13-25(18-26(28)34)39-31(30(36-33(39)42)27-7-4-5-15-35-27)29-8-6-16-38(29)24-11-9-23(10-12-24)32(40)41-3/h4-16,18,21-22,30-31H,17,19-20H2,1-3H3,(H,36,42)/t21-,22+,30-,31+/m1/s1. The van der Waals surface area contributed by atoms with Gasteiger partial charge in [0.15, 0.2) is 5.11 Å². The van der Waals surface area contributed by atoms with Gasteiger partial charge in [-0.15, -0.1) is 0 Å². The summed E-state index contributed by atoms with van der Waals surface area (Å²) < 4.78 is 7.00. The Bertz CT molecular complexity index is 1580. The van der Waals surface area contributed by atoms with Crippen molar-refractivity contribution < 1.29 is 9.53 Å². The van der Waals surface area contributed by atoms with Gasteiger partial charge in [-0.3, -0.25) is 4.98 Å². The molecule has 4 aromatic rings. The predicted octanol–water partition coefficient (Wildman–Crippen LogP) is 6.97. The van der Waals surface area contributed by atoms with Gasteiger partial charge in [0, 0.05) is 42.6 Å². The molecule has 216 valence electrons. The van der Waals surface area contributed by atoms with Crippen molar-refractivity contribution in [3.63, 3.8) is 0 Å². The lowest BCUT2D eigenvalue weighted by molar-refractivity contribution is 0.0600. The minimum absolute atomic E-state index is 0.205. The second-order valence-corrected chi connectivity index (χ2v) is 12.1. The third kappa shape index (κ3) is 5.37. The van der Waals surface area contributed by atoms with E-state index in [-0.39, 0.29) is 18.1 Å². The van der Waals surface area contributed by atoms with Crippen LogP contribution >= 0.6 is 23.8 Å². The van der Waals surface area contributed by atoms with E-state index >= 15 is 0 Å². The number of piperidine rings is 1. The molecule has 2 fully saturated rings. The summed E-state index contributed by atoms with van der Waals surface area (Å²) in [6.45, 7) is 6.61. The zero-order valence-corrected chi connectivity index (χ0v) is 25.5. The molecule has 2 aliphatic heterocycles. The van der Waals surface area contributed by atoms with Crippen LogP contribution in [0.2, 0.25) is 5.02 Å². The smallest absolute Gasteiger partial charge is 0.337 e. The SMILES string of the molecule is COC(=O)c1ccc(-n2cccc2[C@H]2[C@@H](c3ccccn3)NC(=S)N2c2ccc(N3C[C@H](C)C[C@H](C)C3)c(Cl)c2)cc1. The molecule has 4 heterocycles. The van der Waals surface area contributed by atoms with Crippen LogP contribution in [-0.4, -0.2) is 40.8 Å². The molecule has 0 spiro atoms. The third-order valence-electron chi connectivity index (χ3n) is 8.17. The van der Waals surface area contributed by atoms with Crippen molar-refractivity contribution in [2.75, 3.05) is 30.0 Å². The molecule has 4 atom stereocenters. The number of thiocarbonyl (C=S) groups is 1. The Kier molecular flexibility index (Phi) is 7.92. The van der Waals surface area contributed by atoms with Gasteiger partial charge in [0.25, 0.3) is 0 Å². The van der Waals surface area contributed by atoms with E-state index in [4.69, 9.17) is 33.5 Å². The average Bonchev–Trinajstić information content (AvgIpc) is 3.61. The highest BCUT2D eigenvalue weighted by atomic mass is 35.5. The first-order chi connectivity index (χ1) is 20.3. The Hall–Kier alpha value is -3.88. The van der Waals surface area contributed by atoms with Crippen LogP contribution in [0.25, 0.3) is 5.69 Å². The summed E-state index contributed by atoms with van der Waals surface area (Å²) in [6, 6.07) is 23.3. The van der Waals surface area contributed by atoms with Gasteiger partial charge in [0.2, 0.25) is 0 Å². The Morgan fingerprint density at radius 3 is 2.40 bits per heavy atom. The number of ether oxygens (including phenoxy) is 1. The number of aromatic nitrogens is 2. The van der Waals surface area contributed by atoms with Crippen LogP contribution in [0.1, 0.15) is 54.1 Å². The number of nitrogens with zero attached hydrogens (tertiary/aromatic N) is 4. The molecule has 2 aliphatic rings. The van der Waals surface area contributed by atoms with E-state index in [1.54, 1.807) is 18.3 Å². The molecular weight excluding hydrogens is 566 g/mol. The lowest BCUT2D eigenvalue weighted by atomic mass is 9.91. The van der Waals surface area contributed by atoms with Crippen LogP contribution in [0.4, 0.5) is 11.4 Å². The van der Waals surface area contributed by atoms with Gasteiger partial charge in [0.05, 0.1) is 35.1 Å². The van der Waals surface area contributed by atoms with E-state index in [0.29, 0.717) is 27.5 Å². The summed E-state index contributed by atoms with van der Waals surface area (Å²) >= 11 is 13.0. The van der Waals surface area contributed by atoms with Gasteiger partial charge in [-0.05, 0) is 97.2 Å². The van der Waals surface area contributed by atoms with E-state index in [0.717, 1.165) is 41.5 Å². The number of carbonyl (C=O) groups excluding carboxylic acids is 1. The molecule has 6 rings (SSSR count). The number of hydrogen-bond acceptors (Lipinski definition) is 5. The first-order valence-electron chi connectivity index (χ1n) is 14.2. The number of pyridine rings is 1. The summed E-state index contributed by atoms with van der Waals surface area (Å²) in [4.78, 5) is 21.3. The molecule has 0 saturated carbocycles. The first kappa shape index (κ1) is 28.2. The van der Waals surface area contributed by atoms with Gasteiger partial charge >= 0.3 is 5.97 Å². The molecule has 0 radical (unpaired) electrons. The van der Waals surface area contributed by atoms with Gasteiger partial charge < -0.3 is 24.4 Å². The van der Waals surface area contributed by atoms with Crippen LogP contribution in [0.5, 0.6) is 0 Å². The van der Waals surface area contributed by atoms with Gasteiger partial charge in [-0.1, -0.05) is 31.5 Å². The molecule has 0 amide bonds. The fraction of sp³-hybridized carbons (Fsp3) is 0.303. The number of halogens is 1. The summed E-state index contributed by atoms with van der Waals surface area (Å²) in [6.07, 6.45) is 5.06. The fourth-order valence-electron chi connectivity index (χ4n) is 6.44. The monoisotopic (exact) mass is 599 g/mol. The molecule has 2 aromatic carbocycles. The van der Waals surface area contributed by atoms with E-state index < -0.39 is 0 Å². The summed E-state index contributed by atoms with van der Waals surface area (Å²) in [5.41, 5.74) is 5.30. The molecule has 2 saturated heterocycles. The zero-order valence-electron chi connectivity index (χ0n) is 23.9. The van der Waals surface area contributed by atoms with Crippen LogP contribution < -0.4 is 15.1 Å². The van der Waals surface area contributed by atoms with E-state index in [2.05, 4.69) is 51.7 Å². The number of benzene rings is 2. The number of hydrogen-bond donors (Lipinski definition) is 1. The van der Waals surface area contributed by atoms with Crippen LogP contribution in [-0.2, 0) is 4.74 Å². The zero-order chi connectivity index (χ0) is 29.4. The van der Waals surface area contributed by atoms with Crippen LogP contribution in [0, 0.1) is 11.8 Å². The lowest BCUT2D eigenvalue weighted by Crippen LogP contribution is -2.38. The van der Waals surface area contributed by atoms with Gasteiger partial charge in [-0.2, -0.15) is 0 Å². The lowest BCUT2D eigenvalue weighted by Gasteiger charge is -2.37. The minimum atomic E-state index is -0.366. The molecule has 0 bridgehead atoms. The fourth-order valence-corrected chi connectivity index (χ4v) is 7.08. The number of rotatable bonds is 6. The normalized spacial score (nSPS) is 22.2. The molecular formula is C33H34ClN5O2S. The van der Waals surface area contributed by atoms with Crippen molar-refractivity contribution >= 4 is 46.3 Å². The Labute approximate surface area is 257 Å². The number of methoxy groups -OCH3 is 1. The summed E-state index contributed by atoms with van der Waals surface area (Å²) in [5, 5.41) is 4.86. The maximum atomic E-state index is 12.0. The molecule has 9 heteroatoms. The maximum Gasteiger partial charge on any atom is 0.337 e. The van der Waals surface area contributed by atoms with Gasteiger partial charge in [0.1, 0.15) is 6.04 Å². The molecule has 1 N–H and O–H groups in total. The molecule has 0 aliphatic carbocycles. The van der Waals surface area contributed by atoms with Crippen molar-refractivity contribution in [1.29, 1.82) is 0 Å². The van der Waals surface area contributed by atoms with Crippen molar-refractivity contribution in [1.82, 2.24) is 14.9 Å². The van der Waals surface area contributed by atoms with E-state index in [1.165, 1.54) is 13.5 Å². The Morgan fingerprint density at radius 2 is 1.74 bits per heavy atom. The minimum Gasteiger partial charge on any atom is -0.465 e. The highest BCUT2D eigenvalue weighted by Crippen LogP contribution is 2.44. The highest BCUT2D eigenvalue weighted by Gasteiger charge is 2.42. The van der Waals surface area contributed by atoms with Crippen molar-refractivity contribution in [3.8, 4) is 5.69 Å². The number of anilines is 2. The van der Waals surface area contributed by atoms with Crippen LogP contribution in [0.15, 0.2) is 85.2 Å². The van der Waals surface area contributed by atoms with E-state index in [1.807, 2.05) is 48.7 Å². The highest BCUT2D eigenvalue weighted by molar-refractivity contribution is 7.80. The maximum absolute atomic E-state index is 12.0. The van der Waals surface area contributed by atoms with Crippen LogP contribution in [0.3, 0.4) is 0 Å². The largest absolute Gasteiger partial charge is 0.465 e. The van der Waals surface area contributed by atoms with E-state index in [9.17, 15) is 4.79 Å². The number of esters is 1. The summed E-state index contributed by atoms with van der Waals surface area (Å²) in [7, 11) is 1.38. The third-order valence-corrected chi connectivity index (χ3v) is 8.78. The predicted molar refractivity (Wildman–Crippen MR) is 172 cm³/mol. The molecule has 0 unspecified atom stereocenters. The quantitative estimate of drug-likeness (QED) is 0.190. The molecule has 2 aromatic heterocycles. The summed E-state index contributed by atoms with van der Waals surface area (Å²) in [5.74, 6) is 0.880. The molecule has 7 nitrogen and oxygen atoms in total. The van der Waals surface area contributed by atoms with Gasteiger partial charge in [-0.25, -0.2) is 4.79 Å². The van der Waals surface area contributed by atoms with Crippen molar-refractivity contribution in [2.24, 2.45) is 11.8 Å². The second-order valence-electron chi connectivity index (χ2n) is 11.3. The molecule has 42 heavy (non-hydrogen) atoms. The topological polar surface area (TPSA) is 62.6 Å². The number of carbonyl (C=O) groups is 1. The van der Waals surface area contributed by atoms with Crippen molar-refractivity contribution in [2.45, 2.75) is 32.4 Å². The average molecular weight is 600 g/mol. The Balaban J connectivity index is 1.40. The second kappa shape index (κ2) is 11.8. The van der Waals surface area contributed by atoms with Crippen molar-refractivity contribution in [3.05, 3.63) is 107 Å². The number of nitrogens with one attached hydrogen (secondary N) is 1. The Morgan fingerprint density at radius 1 is 1.00 bits per heavy atom. The first-order valence-corrected chi connectivity index (χ1v) is 15.0.